The van der Waals surface area contributed by atoms with Gasteiger partial charge in [-0.05, 0) is 50.7 Å². The number of nitrogens with zero attached hydrogens (tertiary/aromatic N) is 4. The van der Waals surface area contributed by atoms with Crippen LogP contribution in [0.1, 0.15) is 68.4 Å². The molecule has 0 radical (unpaired) electrons. The third kappa shape index (κ3) is 6.20. The van der Waals surface area contributed by atoms with Gasteiger partial charge >= 0.3 is 0 Å². The fourth-order valence-corrected chi connectivity index (χ4v) is 4.27. The Morgan fingerprint density at radius 3 is 2.90 bits per heavy atom. The molecule has 2 aromatic rings. The van der Waals surface area contributed by atoms with E-state index < -0.39 is 0 Å². The van der Waals surface area contributed by atoms with Crippen LogP contribution >= 0.6 is 24.0 Å². The summed E-state index contributed by atoms with van der Waals surface area (Å²) in [6.45, 7) is 4.61. The largest absolute Gasteiger partial charge is 0.469 e. The van der Waals surface area contributed by atoms with E-state index in [1.54, 1.807) is 6.26 Å². The van der Waals surface area contributed by atoms with Crippen LogP contribution in [0.3, 0.4) is 0 Å². The summed E-state index contributed by atoms with van der Waals surface area (Å²) in [5.41, 5.74) is 0. The van der Waals surface area contributed by atoms with Crippen LogP contribution < -0.4 is 10.6 Å². The average molecular weight is 512 g/mol. The molecule has 160 valence electrons. The number of aryl methyl sites for hydroxylation is 2. The molecule has 2 N–H and O–H groups in total. The number of hydrogen-bond donors (Lipinski definition) is 2. The highest BCUT2D eigenvalue weighted by atomic mass is 127. The predicted molar refractivity (Wildman–Crippen MR) is 125 cm³/mol. The van der Waals surface area contributed by atoms with Crippen molar-refractivity contribution in [3.63, 3.8) is 0 Å². The number of fused-ring (bicyclic) bond motifs is 1. The molecular formula is C21H33IN6O. The van der Waals surface area contributed by atoms with E-state index in [1.807, 2.05) is 23.7 Å². The molecule has 8 heteroatoms. The average Bonchev–Trinajstić information content (AvgIpc) is 3.36. The number of rotatable bonds is 6. The van der Waals surface area contributed by atoms with Crippen molar-refractivity contribution in [1.29, 1.82) is 0 Å². The Kier molecular flexibility index (Phi) is 8.38. The smallest absolute Gasteiger partial charge is 0.191 e. The van der Waals surface area contributed by atoms with Gasteiger partial charge in [0.15, 0.2) is 5.96 Å². The topological polar surface area (TPSA) is 80.3 Å². The molecule has 0 saturated heterocycles. The lowest BCUT2D eigenvalue weighted by atomic mass is 9.89. The minimum absolute atomic E-state index is 0. The SMILES string of the molecule is Cc1nc2n(n1)CCCC2NC(=NCC1CCCCC1)NCCc1ccco1.I. The highest BCUT2D eigenvalue weighted by molar-refractivity contribution is 14.0. The van der Waals surface area contributed by atoms with Gasteiger partial charge in [0, 0.05) is 26.1 Å². The van der Waals surface area contributed by atoms with Gasteiger partial charge in [-0.3, -0.25) is 4.99 Å². The highest BCUT2D eigenvalue weighted by Gasteiger charge is 2.24. The fraction of sp³-hybridized carbons (Fsp3) is 0.667. The van der Waals surface area contributed by atoms with Crippen LogP contribution in [0.15, 0.2) is 27.8 Å². The van der Waals surface area contributed by atoms with E-state index in [0.29, 0.717) is 0 Å². The maximum absolute atomic E-state index is 5.45. The first-order valence-corrected chi connectivity index (χ1v) is 10.8. The second-order valence-electron chi connectivity index (χ2n) is 8.03. The Morgan fingerprint density at radius 1 is 1.24 bits per heavy atom. The van der Waals surface area contributed by atoms with Crippen molar-refractivity contribution < 1.29 is 4.42 Å². The van der Waals surface area contributed by atoms with Gasteiger partial charge in [0.05, 0.1) is 12.3 Å². The number of aliphatic imine (C=N–C) groups is 1. The van der Waals surface area contributed by atoms with E-state index in [-0.39, 0.29) is 30.0 Å². The number of furan rings is 1. The van der Waals surface area contributed by atoms with Crippen molar-refractivity contribution in [2.45, 2.75) is 70.9 Å². The molecule has 2 aromatic heterocycles. The minimum atomic E-state index is 0. The normalized spacial score (nSPS) is 20.0. The number of guanidine groups is 1. The summed E-state index contributed by atoms with van der Waals surface area (Å²) in [6.07, 6.45) is 11.4. The first-order chi connectivity index (χ1) is 13.8. The lowest BCUT2D eigenvalue weighted by molar-refractivity contribution is 0.364. The Balaban J connectivity index is 0.00000240. The molecule has 1 aliphatic carbocycles. The Morgan fingerprint density at radius 2 is 2.10 bits per heavy atom. The molecule has 1 unspecified atom stereocenters. The van der Waals surface area contributed by atoms with Crippen molar-refractivity contribution in [2.24, 2.45) is 10.9 Å². The molecular weight excluding hydrogens is 479 g/mol. The maximum Gasteiger partial charge on any atom is 0.191 e. The van der Waals surface area contributed by atoms with Crippen LogP contribution in [0.4, 0.5) is 0 Å². The molecule has 3 heterocycles. The highest BCUT2D eigenvalue weighted by Crippen LogP contribution is 2.25. The minimum Gasteiger partial charge on any atom is -0.469 e. The second-order valence-corrected chi connectivity index (χ2v) is 8.03. The first kappa shape index (κ1) is 22.1. The van der Waals surface area contributed by atoms with Crippen molar-refractivity contribution in [1.82, 2.24) is 25.4 Å². The van der Waals surface area contributed by atoms with Gasteiger partial charge < -0.3 is 15.1 Å². The molecule has 0 spiro atoms. The molecule has 2 aliphatic rings. The van der Waals surface area contributed by atoms with Gasteiger partial charge in [0.1, 0.15) is 17.4 Å². The molecule has 0 bridgehead atoms. The summed E-state index contributed by atoms with van der Waals surface area (Å²) in [5, 5.41) is 11.7. The van der Waals surface area contributed by atoms with E-state index in [0.717, 1.165) is 68.2 Å². The zero-order valence-electron chi connectivity index (χ0n) is 17.3. The van der Waals surface area contributed by atoms with Crippen molar-refractivity contribution in [3.05, 3.63) is 35.8 Å². The molecule has 29 heavy (non-hydrogen) atoms. The summed E-state index contributed by atoms with van der Waals surface area (Å²) in [4.78, 5) is 9.59. The Labute approximate surface area is 190 Å². The van der Waals surface area contributed by atoms with Gasteiger partial charge in [0.25, 0.3) is 0 Å². The molecule has 1 atom stereocenters. The third-order valence-corrected chi connectivity index (χ3v) is 5.77. The fourth-order valence-electron chi connectivity index (χ4n) is 4.27. The number of aromatic nitrogens is 3. The van der Waals surface area contributed by atoms with Gasteiger partial charge in [0.2, 0.25) is 0 Å². The lowest BCUT2D eigenvalue weighted by Crippen LogP contribution is -2.42. The zero-order chi connectivity index (χ0) is 19.2. The maximum atomic E-state index is 5.45. The van der Waals surface area contributed by atoms with Gasteiger partial charge in [-0.25, -0.2) is 9.67 Å². The van der Waals surface area contributed by atoms with E-state index >= 15 is 0 Å². The monoisotopic (exact) mass is 512 g/mol. The number of halogens is 1. The van der Waals surface area contributed by atoms with Crippen molar-refractivity contribution >= 4 is 29.9 Å². The standard InChI is InChI=1S/C21H32N6O.HI/c1-16-24-20-19(10-5-13-27(20)26-16)25-21(22-12-11-18-9-6-14-28-18)23-15-17-7-3-2-4-8-17;/h6,9,14,17,19H,2-5,7-8,10-13,15H2,1H3,(H2,22,23,25);1H. The molecule has 7 nitrogen and oxygen atoms in total. The molecule has 1 fully saturated rings. The molecule has 0 aromatic carbocycles. The summed E-state index contributed by atoms with van der Waals surface area (Å²) in [7, 11) is 0. The van der Waals surface area contributed by atoms with Crippen LogP contribution in [0.25, 0.3) is 0 Å². The molecule has 1 saturated carbocycles. The van der Waals surface area contributed by atoms with Gasteiger partial charge in [-0.1, -0.05) is 19.3 Å². The van der Waals surface area contributed by atoms with E-state index in [1.165, 1.54) is 32.1 Å². The lowest BCUT2D eigenvalue weighted by Gasteiger charge is -2.26. The van der Waals surface area contributed by atoms with Crippen LogP contribution in [0.5, 0.6) is 0 Å². The molecule has 0 amide bonds. The number of nitrogens with one attached hydrogen (secondary N) is 2. The van der Waals surface area contributed by atoms with E-state index in [4.69, 9.17) is 9.41 Å². The van der Waals surface area contributed by atoms with Crippen molar-refractivity contribution in [2.75, 3.05) is 13.1 Å². The quantitative estimate of drug-likeness (QED) is 0.348. The molecule has 4 rings (SSSR count). The zero-order valence-corrected chi connectivity index (χ0v) is 19.6. The van der Waals surface area contributed by atoms with Gasteiger partial charge in [-0.2, -0.15) is 5.10 Å². The Bertz CT molecular complexity index is 766. The van der Waals surface area contributed by atoms with Crippen LogP contribution in [-0.2, 0) is 13.0 Å². The molecule has 1 aliphatic heterocycles. The van der Waals surface area contributed by atoms with Crippen molar-refractivity contribution in [3.8, 4) is 0 Å². The van der Waals surface area contributed by atoms with Crippen LogP contribution in [-0.4, -0.2) is 33.8 Å². The third-order valence-electron chi connectivity index (χ3n) is 5.77. The number of hydrogen-bond acceptors (Lipinski definition) is 4. The predicted octanol–water partition coefficient (Wildman–Crippen LogP) is 3.99. The van der Waals surface area contributed by atoms with Gasteiger partial charge in [-0.15, -0.1) is 24.0 Å². The van der Waals surface area contributed by atoms with E-state index in [9.17, 15) is 0 Å². The van der Waals surface area contributed by atoms with Crippen LogP contribution in [0, 0.1) is 12.8 Å². The summed E-state index contributed by atoms with van der Waals surface area (Å²) in [6, 6.07) is 4.11. The summed E-state index contributed by atoms with van der Waals surface area (Å²) < 4.78 is 7.49. The summed E-state index contributed by atoms with van der Waals surface area (Å²) >= 11 is 0. The van der Waals surface area contributed by atoms with Crippen LogP contribution in [0.2, 0.25) is 0 Å². The summed E-state index contributed by atoms with van der Waals surface area (Å²) in [5.74, 6) is 4.47. The second kappa shape index (κ2) is 11.0. The first-order valence-electron chi connectivity index (χ1n) is 10.8. The Hall–Kier alpha value is -1.58. The van der Waals surface area contributed by atoms with E-state index in [2.05, 4.69) is 20.7 Å².